The van der Waals surface area contributed by atoms with Gasteiger partial charge < -0.3 is 10.4 Å². The molecule has 0 bridgehead atoms. The van der Waals surface area contributed by atoms with Crippen LogP contribution in [0.25, 0.3) is 0 Å². The molecule has 0 aliphatic heterocycles. The third kappa shape index (κ3) is 4.74. The molecule has 2 N–H and O–H groups in total. The summed E-state index contributed by atoms with van der Waals surface area (Å²) < 4.78 is 0.803. The molecule has 1 amide bonds. The van der Waals surface area contributed by atoms with Gasteiger partial charge in [-0.3, -0.25) is 9.78 Å². The first-order valence-corrected chi connectivity index (χ1v) is 6.50. The minimum Gasteiger partial charge on any atom is -0.480 e. The molecule has 0 saturated carbocycles. The van der Waals surface area contributed by atoms with E-state index in [0.717, 1.165) is 9.37 Å². The van der Waals surface area contributed by atoms with Gasteiger partial charge in [-0.1, -0.05) is 0 Å². The number of aliphatic carboxylic acids is 1. The Hall–Kier alpha value is -1.08. The monoisotopic (exact) mass is 318 g/mol. The Morgan fingerprint density at radius 3 is 2.88 bits per heavy atom. The van der Waals surface area contributed by atoms with Crippen molar-refractivity contribution in [2.24, 2.45) is 0 Å². The molecule has 0 spiro atoms. The van der Waals surface area contributed by atoms with Gasteiger partial charge in [0.2, 0.25) is 5.91 Å². The maximum absolute atomic E-state index is 10.9. The zero-order valence-corrected chi connectivity index (χ0v) is 11.4. The summed E-state index contributed by atoms with van der Waals surface area (Å²) in [5, 5.41) is 11.3. The minimum atomic E-state index is -1.04. The van der Waals surface area contributed by atoms with Crippen molar-refractivity contribution in [1.29, 1.82) is 0 Å². The van der Waals surface area contributed by atoms with Crippen molar-refractivity contribution in [3.63, 3.8) is 0 Å². The number of nitrogens with one attached hydrogen (secondary N) is 1. The van der Waals surface area contributed by atoms with E-state index < -0.39 is 12.0 Å². The molecule has 0 unspecified atom stereocenters. The fraction of sp³-hybridized carbons (Fsp3) is 0.300. The van der Waals surface area contributed by atoms with Crippen molar-refractivity contribution in [1.82, 2.24) is 10.3 Å². The van der Waals surface area contributed by atoms with Gasteiger partial charge in [-0.15, -0.1) is 11.8 Å². The van der Waals surface area contributed by atoms with E-state index in [1.54, 1.807) is 18.5 Å². The Labute approximate surface area is 111 Å². The van der Waals surface area contributed by atoms with Crippen LogP contribution in [0.3, 0.4) is 0 Å². The van der Waals surface area contributed by atoms with Gasteiger partial charge >= 0.3 is 5.97 Å². The number of carbonyl (C=O) groups excluding carboxylic acids is 1. The number of nitrogens with zero attached hydrogens (tertiary/aromatic N) is 1. The number of hydrogen-bond acceptors (Lipinski definition) is 4. The first-order chi connectivity index (χ1) is 8.00. The maximum atomic E-state index is 10.9. The fourth-order valence-corrected chi connectivity index (χ4v) is 2.59. The predicted molar refractivity (Wildman–Crippen MR) is 67.9 cm³/mol. The van der Waals surface area contributed by atoms with Crippen LogP contribution < -0.4 is 5.32 Å². The van der Waals surface area contributed by atoms with Gasteiger partial charge in [0.15, 0.2) is 0 Å². The van der Waals surface area contributed by atoms with Crippen LogP contribution in [-0.4, -0.2) is 33.8 Å². The van der Waals surface area contributed by atoms with Gasteiger partial charge in [0.05, 0.1) is 0 Å². The predicted octanol–water partition coefficient (Wildman–Crippen LogP) is 1.53. The molecule has 0 aliphatic carbocycles. The summed E-state index contributed by atoms with van der Waals surface area (Å²) in [6, 6.07) is 0.888. The first-order valence-electron chi connectivity index (χ1n) is 4.73. The number of carboxylic acids is 1. The van der Waals surface area contributed by atoms with Crippen LogP contribution in [0.15, 0.2) is 27.8 Å². The van der Waals surface area contributed by atoms with E-state index in [4.69, 9.17) is 5.11 Å². The smallest absolute Gasteiger partial charge is 0.327 e. The molecule has 1 heterocycles. The lowest BCUT2D eigenvalue weighted by molar-refractivity contribution is -0.140. The average molecular weight is 319 g/mol. The lowest BCUT2D eigenvalue weighted by Gasteiger charge is -2.12. The zero-order chi connectivity index (χ0) is 12.8. The number of aromatic nitrogens is 1. The van der Waals surface area contributed by atoms with Crippen molar-refractivity contribution in [2.75, 3.05) is 5.75 Å². The lowest BCUT2D eigenvalue weighted by atomic mass is 10.3. The van der Waals surface area contributed by atoms with E-state index in [0.29, 0.717) is 0 Å². The highest BCUT2D eigenvalue weighted by Gasteiger charge is 2.18. The van der Waals surface area contributed by atoms with Crippen LogP contribution in [0.2, 0.25) is 0 Å². The van der Waals surface area contributed by atoms with Crippen LogP contribution >= 0.6 is 27.7 Å². The second kappa shape index (κ2) is 6.61. The normalized spacial score (nSPS) is 11.9. The van der Waals surface area contributed by atoms with E-state index in [1.807, 2.05) is 0 Å². The molecule has 17 heavy (non-hydrogen) atoms. The summed E-state index contributed by atoms with van der Waals surface area (Å²) in [5.74, 6) is -1.14. The quantitative estimate of drug-likeness (QED) is 0.805. The van der Waals surface area contributed by atoms with Crippen molar-refractivity contribution in [3.05, 3.63) is 22.9 Å². The van der Waals surface area contributed by atoms with Gasteiger partial charge in [0.25, 0.3) is 0 Å². The van der Waals surface area contributed by atoms with Crippen molar-refractivity contribution < 1.29 is 14.7 Å². The summed E-state index contributed by atoms with van der Waals surface area (Å²) in [7, 11) is 0. The number of thioether (sulfide) groups is 1. The Morgan fingerprint density at radius 1 is 1.65 bits per heavy atom. The molecule has 0 fully saturated rings. The number of hydrogen-bond donors (Lipinski definition) is 2. The Balaban J connectivity index is 2.61. The van der Waals surface area contributed by atoms with E-state index in [2.05, 4.69) is 26.2 Å². The Kier molecular flexibility index (Phi) is 5.43. The van der Waals surface area contributed by atoms with Gasteiger partial charge in [-0.2, -0.15) is 0 Å². The zero-order valence-electron chi connectivity index (χ0n) is 9.01. The number of pyridine rings is 1. The molecule has 5 nitrogen and oxygen atoms in total. The molecule has 1 atom stereocenters. The highest BCUT2D eigenvalue weighted by atomic mass is 79.9. The molecule has 7 heteroatoms. The molecule has 0 aliphatic rings. The Bertz CT molecular complexity index is 428. The molecule has 1 aromatic rings. The number of halogens is 1. The summed E-state index contributed by atoms with van der Waals surface area (Å²) in [6.45, 7) is 1.29. The molecule has 0 aromatic carbocycles. The number of amides is 1. The van der Waals surface area contributed by atoms with Gasteiger partial charge in [-0.05, 0) is 22.0 Å². The highest BCUT2D eigenvalue weighted by Crippen LogP contribution is 2.26. The van der Waals surface area contributed by atoms with Crippen LogP contribution in [0.1, 0.15) is 6.92 Å². The van der Waals surface area contributed by atoms with E-state index in [9.17, 15) is 9.59 Å². The third-order valence-corrected chi connectivity index (χ3v) is 3.88. The SMILES string of the molecule is CC(=O)N[C@@H](CSc1ccncc1Br)C(=O)O. The molecule has 0 saturated heterocycles. The number of carboxylic acid groups (broad SMARTS) is 1. The standard InChI is InChI=1S/C10H11BrN2O3S/c1-6(14)13-8(10(15)16)5-17-9-2-3-12-4-7(9)11/h2-4,8H,5H2,1H3,(H,13,14)(H,15,16)/t8-/m0/s1. The molecule has 0 radical (unpaired) electrons. The minimum absolute atomic E-state index is 0.261. The molecular weight excluding hydrogens is 308 g/mol. The summed E-state index contributed by atoms with van der Waals surface area (Å²) >= 11 is 4.66. The van der Waals surface area contributed by atoms with E-state index >= 15 is 0 Å². The van der Waals surface area contributed by atoms with Crippen LogP contribution in [0, 0.1) is 0 Å². The molecule has 1 rings (SSSR count). The van der Waals surface area contributed by atoms with Crippen LogP contribution in [0.4, 0.5) is 0 Å². The second-order valence-electron chi connectivity index (χ2n) is 3.21. The van der Waals surface area contributed by atoms with Gasteiger partial charge in [-0.25, -0.2) is 4.79 Å². The van der Waals surface area contributed by atoms with E-state index in [1.165, 1.54) is 18.7 Å². The third-order valence-electron chi connectivity index (χ3n) is 1.82. The fourth-order valence-electron chi connectivity index (χ4n) is 1.07. The van der Waals surface area contributed by atoms with Crippen LogP contribution in [-0.2, 0) is 9.59 Å². The molecule has 92 valence electrons. The second-order valence-corrected chi connectivity index (χ2v) is 5.12. The van der Waals surface area contributed by atoms with Gasteiger partial charge in [0, 0.05) is 34.4 Å². The van der Waals surface area contributed by atoms with Crippen molar-refractivity contribution in [2.45, 2.75) is 17.9 Å². The van der Waals surface area contributed by atoms with Crippen LogP contribution in [0.5, 0.6) is 0 Å². The van der Waals surface area contributed by atoms with Crippen molar-refractivity contribution in [3.8, 4) is 0 Å². The number of carbonyl (C=O) groups is 2. The van der Waals surface area contributed by atoms with E-state index in [-0.39, 0.29) is 11.7 Å². The summed E-state index contributed by atoms with van der Waals surface area (Å²) in [4.78, 5) is 26.5. The molecular formula is C10H11BrN2O3S. The maximum Gasteiger partial charge on any atom is 0.327 e. The topological polar surface area (TPSA) is 79.3 Å². The first kappa shape index (κ1) is 14.0. The van der Waals surface area contributed by atoms with Gasteiger partial charge in [0.1, 0.15) is 6.04 Å². The Morgan fingerprint density at radius 2 is 2.35 bits per heavy atom. The van der Waals surface area contributed by atoms with Crippen molar-refractivity contribution >= 4 is 39.6 Å². The number of rotatable bonds is 5. The largest absolute Gasteiger partial charge is 0.480 e. The lowest BCUT2D eigenvalue weighted by Crippen LogP contribution is -2.41. The summed E-state index contributed by atoms with van der Waals surface area (Å²) in [5.41, 5.74) is 0. The average Bonchev–Trinajstić information content (AvgIpc) is 2.25. The highest BCUT2D eigenvalue weighted by molar-refractivity contribution is 9.10. The molecule has 1 aromatic heterocycles. The summed E-state index contributed by atoms with van der Waals surface area (Å²) in [6.07, 6.45) is 3.26.